The Labute approximate surface area is 120 Å². The van der Waals surface area contributed by atoms with E-state index in [2.05, 4.69) is 20.6 Å². The van der Waals surface area contributed by atoms with Gasteiger partial charge >= 0.3 is 0 Å². The molecule has 0 atom stereocenters. The molecular weight excluding hydrogens is 270 g/mol. The topological polar surface area (TPSA) is 85.8 Å². The fourth-order valence-electron chi connectivity index (χ4n) is 1.93. The van der Waals surface area contributed by atoms with Crippen LogP contribution >= 0.6 is 0 Å². The summed E-state index contributed by atoms with van der Waals surface area (Å²) in [7, 11) is 1.70. The van der Waals surface area contributed by atoms with Crippen molar-refractivity contribution < 1.29 is 9.21 Å². The van der Waals surface area contributed by atoms with Gasteiger partial charge in [0.15, 0.2) is 5.69 Å². The molecular formula is C14H13N5O2. The van der Waals surface area contributed by atoms with E-state index in [-0.39, 0.29) is 11.6 Å². The molecule has 0 radical (unpaired) electrons. The molecule has 7 heteroatoms. The van der Waals surface area contributed by atoms with Crippen LogP contribution in [0.15, 0.2) is 41.3 Å². The first kappa shape index (κ1) is 13.0. The minimum atomic E-state index is -0.315. The van der Waals surface area contributed by atoms with Gasteiger partial charge in [-0.25, -0.2) is 4.98 Å². The Morgan fingerprint density at radius 3 is 2.90 bits per heavy atom. The molecule has 0 aliphatic rings. The monoisotopic (exact) mass is 283 g/mol. The third kappa shape index (κ3) is 2.66. The van der Waals surface area contributed by atoms with E-state index in [4.69, 9.17) is 4.42 Å². The van der Waals surface area contributed by atoms with Gasteiger partial charge in [-0.3, -0.25) is 9.48 Å². The molecule has 2 heterocycles. The van der Waals surface area contributed by atoms with Crippen molar-refractivity contribution in [3.8, 4) is 11.5 Å². The quantitative estimate of drug-likeness (QED) is 0.794. The van der Waals surface area contributed by atoms with Crippen LogP contribution in [0.1, 0.15) is 16.1 Å². The van der Waals surface area contributed by atoms with E-state index in [0.29, 0.717) is 11.6 Å². The number of anilines is 1. The molecule has 0 aliphatic carbocycles. The fraction of sp³-hybridized carbons (Fsp3) is 0.143. The van der Waals surface area contributed by atoms with Crippen LogP contribution in [0.3, 0.4) is 0 Å². The molecule has 0 bridgehead atoms. The van der Waals surface area contributed by atoms with Crippen LogP contribution < -0.4 is 5.32 Å². The number of nitrogens with zero attached hydrogens (tertiary/aromatic N) is 4. The van der Waals surface area contributed by atoms with Crippen LogP contribution in [0.25, 0.3) is 11.5 Å². The van der Waals surface area contributed by atoms with Gasteiger partial charge in [-0.2, -0.15) is 0 Å². The van der Waals surface area contributed by atoms with Crippen molar-refractivity contribution in [2.75, 3.05) is 5.32 Å². The Hall–Kier alpha value is -2.96. The summed E-state index contributed by atoms with van der Waals surface area (Å²) in [5, 5.41) is 10.3. The van der Waals surface area contributed by atoms with E-state index in [1.54, 1.807) is 19.4 Å². The summed E-state index contributed by atoms with van der Waals surface area (Å²) in [6.45, 7) is 1.95. The summed E-state index contributed by atoms with van der Waals surface area (Å²) in [4.78, 5) is 16.2. The SMILES string of the molecule is Cc1ccc(NC(=O)c2cn(C)nn2)cc1-c1ncco1. The highest BCUT2D eigenvalue weighted by Crippen LogP contribution is 2.25. The lowest BCUT2D eigenvalue weighted by Gasteiger charge is -2.07. The molecule has 21 heavy (non-hydrogen) atoms. The molecule has 3 rings (SSSR count). The summed E-state index contributed by atoms with van der Waals surface area (Å²) < 4.78 is 6.77. The number of carbonyl (C=O) groups excluding carboxylic acids is 1. The average molecular weight is 283 g/mol. The zero-order chi connectivity index (χ0) is 14.8. The highest BCUT2D eigenvalue weighted by atomic mass is 16.3. The van der Waals surface area contributed by atoms with Gasteiger partial charge < -0.3 is 9.73 Å². The minimum Gasteiger partial charge on any atom is -0.445 e. The number of oxazole rings is 1. The van der Waals surface area contributed by atoms with Crippen molar-refractivity contribution in [2.45, 2.75) is 6.92 Å². The largest absolute Gasteiger partial charge is 0.445 e. The lowest BCUT2D eigenvalue weighted by molar-refractivity contribution is 0.102. The van der Waals surface area contributed by atoms with E-state index >= 15 is 0 Å². The third-order valence-corrected chi connectivity index (χ3v) is 2.99. The van der Waals surface area contributed by atoms with Crippen molar-refractivity contribution in [1.82, 2.24) is 20.0 Å². The number of hydrogen-bond acceptors (Lipinski definition) is 5. The van der Waals surface area contributed by atoms with Crippen LogP contribution in [0.4, 0.5) is 5.69 Å². The van der Waals surface area contributed by atoms with Crippen LogP contribution in [0.5, 0.6) is 0 Å². The van der Waals surface area contributed by atoms with Crippen molar-refractivity contribution in [3.63, 3.8) is 0 Å². The summed E-state index contributed by atoms with van der Waals surface area (Å²) in [5.74, 6) is 0.202. The second kappa shape index (κ2) is 5.20. The van der Waals surface area contributed by atoms with Crippen molar-refractivity contribution in [2.24, 2.45) is 7.05 Å². The normalized spacial score (nSPS) is 10.6. The van der Waals surface area contributed by atoms with E-state index in [1.807, 2.05) is 25.1 Å². The van der Waals surface area contributed by atoms with Crippen molar-refractivity contribution in [1.29, 1.82) is 0 Å². The Balaban J connectivity index is 1.86. The average Bonchev–Trinajstić information content (AvgIpc) is 3.12. The maximum Gasteiger partial charge on any atom is 0.277 e. The predicted octanol–water partition coefficient (Wildman–Crippen LogP) is 2.03. The highest BCUT2D eigenvalue weighted by Gasteiger charge is 2.12. The Kier molecular flexibility index (Phi) is 3.23. The van der Waals surface area contributed by atoms with Gasteiger partial charge in [-0.1, -0.05) is 11.3 Å². The summed E-state index contributed by atoms with van der Waals surface area (Å²) in [5.41, 5.74) is 2.74. The van der Waals surface area contributed by atoms with Gasteiger partial charge in [0.1, 0.15) is 6.26 Å². The molecule has 7 nitrogen and oxygen atoms in total. The first-order valence-electron chi connectivity index (χ1n) is 6.31. The molecule has 3 aromatic rings. The number of benzene rings is 1. The molecule has 1 N–H and O–H groups in total. The zero-order valence-corrected chi connectivity index (χ0v) is 11.6. The first-order valence-corrected chi connectivity index (χ1v) is 6.31. The van der Waals surface area contributed by atoms with E-state index in [9.17, 15) is 4.79 Å². The number of aromatic nitrogens is 4. The number of rotatable bonds is 3. The van der Waals surface area contributed by atoms with E-state index in [1.165, 1.54) is 10.9 Å². The second-order valence-electron chi connectivity index (χ2n) is 4.60. The molecule has 0 unspecified atom stereocenters. The number of aryl methyl sites for hydroxylation is 2. The van der Waals surface area contributed by atoms with Crippen LogP contribution in [-0.2, 0) is 7.05 Å². The van der Waals surface area contributed by atoms with Gasteiger partial charge in [0, 0.05) is 18.3 Å². The Morgan fingerprint density at radius 2 is 2.24 bits per heavy atom. The summed E-state index contributed by atoms with van der Waals surface area (Å²) in [6.07, 6.45) is 4.65. The fourth-order valence-corrected chi connectivity index (χ4v) is 1.93. The van der Waals surface area contributed by atoms with Crippen LogP contribution in [0.2, 0.25) is 0 Å². The number of carbonyl (C=O) groups is 1. The number of nitrogens with one attached hydrogen (secondary N) is 1. The molecule has 1 aromatic carbocycles. The van der Waals surface area contributed by atoms with Gasteiger partial charge in [0.05, 0.1) is 12.4 Å². The lowest BCUT2D eigenvalue weighted by atomic mass is 10.1. The Bertz CT molecular complexity index is 777. The zero-order valence-electron chi connectivity index (χ0n) is 11.6. The lowest BCUT2D eigenvalue weighted by Crippen LogP contribution is -2.12. The second-order valence-corrected chi connectivity index (χ2v) is 4.60. The highest BCUT2D eigenvalue weighted by molar-refractivity contribution is 6.02. The molecule has 0 fully saturated rings. The van der Waals surface area contributed by atoms with E-state index < -0.39 is 0 Å². The smallest absolute Gasteiger partial charge is 0.277 e. The molecule has 1 amide bonds. The van der Waals surface area contributed by atoms with E-state index in [0.717, 1.165) is 11.1 Å². The van der Waals surface area contributed by atoms with Gasteiger partial charge in [-0.15, -0.1) is 5.10 Å². The number of hydrogen-bond donors (Lipinski definition) is 1. The summed E-state index contributed by atoms with van der Waals surface area (Å²) in [6, 6.07) is 5.53. The maximum absolute atomic E-state index is 12.0. The maximum atomic E-state index is 12.0. The third-order valence-electron chi connectivity index (χ3n) is 2.99. The van der Waals surface area contributed by atoms with Crippen LogP contribution in [-0.4, -0.2) is 25.9 Å². The van der Waals surface area contributed by atoms with Gasteiger partial charge in [0.2, 0.25) is 5.89 Å². The van der Waals surface area contributed by atoms with Crippen LogP contribution in [0, 0.1) is 6.92 Å². The minimum absolute atomic E-state index is 0.260. The predicted molar refractivity (Wildman–Crippen MR) is 75.6 cm³/mol. The van der Waals surface area contributed by atoms with Gasteiger partial charge in [0.25, 0.3) is 5.91 Å². The molecule has 0 saturated heterocycles. The molecule has 0 spiro atoms. The van der Waals surface area contributed by atoms with Gasteiger partial charge in [-0.05, 0) is 24.6 Å². The molecule has 106 valence electrons. The molecule has 0 saturated carbocycles. The number of amides is 1. The summed E-state index contributed by atoms with van der Waals surface area (Å²) >= 11 is 0. The van der Waals surface area contributed by atoms with Crippen molar-refractivity contribution in [3.05, 3.63) is 48.1 Å². The Morgan fingerprint density at radius 1 is 1.38 bits per heavy atom. The molecule has 0 aliphatic heterocycles. The van der Waals surface area contributed by atoms with Crippen molar-refractivity contribution >= 4 is 11.6 Å². The standard InChI is InChI=1S/C14H13N5O2/c1-9-3-4-10(7-11(9)14-15-5-6-21-14)16-13(20)12-8-19(2)18-17-12/h3-8H,1-2H3,(H,16,20). The first-order chi connectivity index (χ1) is 10.1. The molecule has 2 aromatic heterocycles.